The first-order valence-electron chi connectivity index (χ1n) is 35.0. The van der Waals surface area contributed by atoms with Gasteiger partial charge in [0.2, 0.25) is 0 Å². The highest BCUT2D eigenvalue weighted by Crippen LogP contribution is 2.50. The Balaban J connectivity index is 1.12. The molecule has 3 heterocycles. The summed E-state index contributed by atoms with van der Waals surface area (Å²) in [5.74, 6) is 0. The first-order chi connectivity index (χ1) is 45.8. The number of nitrogens with zero attached hydrogens (tertiary/aromatic N) is 4. The van der Waals surface area contributed by atoms with E-state index in [-0.39, 0.29) is 58.1 Å². The van der Waals surface area contributed by atoms with Gasteiger partial charge in [-0.1, -0.05) is 249 Å². The molecule has 11 aromatic carbocycles. The van der Waals surface area contributed by atoms with Crippen molar-refractivity contribution in [3.63, 3.8) is 0 Å². The maximum absolute atomic E-state index is 11.5. The Bertz CT molecular complexity index is 5080. The molecule has 92 heavy (non-hydrogen) atoms. The van der Waals surface area contributed by atoms with Crippen molar-refractivity contribution >= 4 is 79.0 Å². The maximum Gasteiger partial charge on any atom is 0.252 e. The van der Waals surface area contributed by atoms with E-state index in [1.165, 1.54) is 22.3 Å². The first kappa shape index (κ1) is 54.1. The fourth-order valence-electron chi connectivity index (χ4n) is 13.9. The summed E-state index contributed by atoms with van der Waals surface area (Å²) in [6.45, 7) is 33.7. The molecule has 0 radical (unpaired) electrons. The van der Waals surface area contributed by atoms with Crippen LogP contribution in [0.15, 0.2) is 230 Å². The molecule has 2 aliphatic heterocycles. The van der Waals surface area contributed by atoms with Gasteiger partial charge in [-0.2, -0.15) is 5.26 Å². The van der Waals surface area contributed by atoms with Gasteiger partial charge in [-0.25, -0.2) is 0 Å². The number of benzene rings is 11. The minimum absolute atomic E-state index is 0.110. The number of nitriles is 1. The Hall–Kier alpha value is -9.63. The molecule has 0 aliphatic carbocycles. The third-order valence-electron chi connectivity index (χ3n) is 19.2. The van der Waals surface area contributed by atoms with E-state index in [9.17, 15) is 8.00 Å². The summed E-state index contributed by atoms with van der Waals surface area (Å²) in [4.78, 5) is 4.84. The van der Waals surface area contributed by atoms with Gasteiger partial charge in [0.15, 0.2) is 0 Å². The van der Waals surface area contributed by atoms with Crippen LogP contribution in [0.5, 0.6) is 0 Å². The molecular weight excluding hydrogens is 1110 g/mol. The largest absolute Gasteiger partial charge is 0.311 e. The van der Waals surface area contributed by atoms with E-state index in [2.05, 4.69) is 300 Å². The highest BCUT2D eigenvalue weighted by molar-refractivity contribution is 7.00. The lowest BCUT2D eigenvalue weighted by Gasteiger charge is -2.45. The quantitative estimate of drug-likeness (QED) is 0.149. The van der Waals surface area contributed by atoms with E-state index in [0.29, 0.717) is 11.1 Å². The summed E-state index contributed by atoms with van der Waals surface area (Å²) >= 11 is 0. The molecule has 4 nitrogen and oxygen atoms in total. The molecule has 0 saturated carbocycles. The summed E-state index contributed by atoms with van der Waals surface area (Å²) in [5, 5.41) is 13.8. The lowest BCUT2D eigenvalue weighted by atomic mass is 9.33. The predicted molar refractivity (Wildman–Crippen MR) is 395 cm³/mol. The summed E-state index contributed by atoms with van der Waals surface area (Å²) in [6.07, 6.45) is 0. The van der Waals surface area contributed by atoms with Crippen LogP contribution in [-0.2, 0) is 27.1 Å². The first-order valence-corrected chi connectivity index (χ1v) is 32.5. The zero-order chi connectivity index (χ0) is 68.9. The van der Waals surface area contributed by atoms with Crippen molar-refractivity contribution in [1.82, 2.24) is 4.57 Å². The zero-order valence-electron chi connectivity index (χ0n) is 60.9. The molecule has 0 amide bonds. The molecule has 12 aromatic rings. The van der Waals surface area contributed by atoms with Crippen LogP contribution >= 0.6 is 0 Å². The Kier molecular flexibility index (Phi) is 12.8. The van der Waals surface area contributed by atoms with Gasteiger partial charge < -0.3 is 14.4 Å². The van der Waals surface area contributed by atoms with Gasteiger partial charge in [0.1, 0.15) is 6.07 Å². The molecule has 0 spiro atoms. The van der Waals surface area contributed by atoms with Crippen molar-refractivity contribution in [1.29, 1.82) is 5.26 Å². The van der Waals surface area contributed by atoms with E-state index in [1.54, 1.807) is 0 Å². The fourth-order valence-corrected chi connectivity index (χ4v) is 13.9. The molecule has 0 unspecified atom stereocenters. The van der Waals surface area contributed by atoms with Crippen molar-refractivity contribution in [2.45, 2.75) is 131 Å². The highest BCUT2D eigenvalue weighted by atomic mass is 15.2. The molecule has 2 aliphatic rings. The molecule has 1 aromatic heterocycles. The second-order valence-corrected chi connectivity index (χ2v) is 30.7. The second-order valence-electron chi connectivity index (χ2n) is 30.7. The molecule has 0 saturated heterocycles. The second kappa shape index (κ2) is 21.8. The average Bonchev–Trinajstić information content (AvgIpc) is 1.27. The average molecular weight is 1200 g/mol. The van der Waals surface area contributed by atoms with E-state index < -0.39 is 11.5 Å². The van der Waals surface area contributed by atoms with Crippen LogP contribution in [0, 0.1) is 11.3 Å². The Morgan fingerprint density at radius 2 is 0.783 bits per heavy atom. The topological polar surface area (TPSA) is 35.2 Å². The van der Waals surface area contributed by atoms with E-state index in [1.807, 2.05) is 24.3 Å². The molecule has 454 valence electrons. The fraction of sp³-hybridized carbons (Fsp3) is 0.230. The SMILES string of the molecule is [2H]c1c([2H])c([2H])c(-c2ccc3c(c2)N(c2cc(-c4ccccc4)cc(-c4ccccc4)c2)c2cc(C(C)(C)C)cc4c2B3c2ccc(-c3cc(C(C)(C)C)cc(C(C)(C)C)c3)cc2N4c2ccc(C#N)c(-n3c4ccc(C(C)(C)C)cc4c4cc(C(C)(C)C)ccc43)c2)c([2H])c1[2H]. The smallest absolute Gasteiger partial charge is 0.252 e. The third-order valence-corrected chi connectivity index (χ3v) is 19.2. The molecule has 0 atom stereocenters. The van der Waals surface area contributed by atoms with Gasteiger partial charge in [0.25, 0.3) is 6.71 Å². The third kappa shape index (κ3) is 10.5. The molecule has 0 bridgehead atoms. The van der Waals surface area contributed by atoms with E-state index in [4.69, 9.17) is 4.11 Å². The van der Waals surface area contributed by atoms with Crippen LogP contribution in [0.4, 0.5) is 34.1 Å². The molecule has 0 N–H and O–H groups in total. The Morgan fingerprint density at radius 3 is 1.25 bits per heavy atom. The van der Waals surface area contributed by atoms with Crippen molar-refractivity contribution in [2.75, 3.05) is 9.80 Å². The van der Waals surface area contributed by atoms with Crippen LogP contribution in [0.2, 0.25) is 0 Å². The molecular formula is C87H83BN4. The Labute approximate surface area is 553 Å². The van der Waals surface area contributed by atoms with Gasteiger partial charge in [0, 0.05) is 44.9 Å². The number of aromatic nitrogens is 1. The van der Waals surface area contributed by atoms with Gasteiger partial charge in [-0.15, -0.1) is 0 Å². The zero-order valence-corrected chi connectivity index (χ0v) is 55.9. The number of hydrogen-bond acceptors (Lipinski definition) is 3. The lowest BCUT2D eigenvalue weighted by molar-refractivity contribution is 0.569. The highest BCUT2D eigenvalue weighted by Gasteiger charge is 2.45. The van der Waals surface area contributed by atoms with Crippen LogP contribution < -0.4 is 26.2 Å². The number of fused-ring (bicyclic) bond motifs is 7. The summed E-state index contributed by atoms with van der Waals surface area (Å²) < 4.78 is 47.6. The lowest BCUT2D eigenvalue weighted by Crippen LogP contribution is -2.61. The number of hydrogen-bond donors (Lipinski definition) is 0. The minimum atomic E-state index is -0.433. The Morgan fingerprint density at radius 1 is 0.337 bits per heavy atom. The van der Waals surface area contributed by atoms with Gasteiger partial charge >= 0.3 is 0 Å². The minimum Gasteiger partial charge on any atom is -0.311 e. The monoisotopic (exact) mass is 1200 g/mol. The van der Waals surface area contributed by atoms with Crippen molar-refractivity contribution < 1.29 is 6.85 Å². The van der Waals surface area contributed by atoms with Crippen molar-refractivity contribution in [3.05, 3.63) is 264 Å². The van der Waals surface area contributed by atoms with E-state index >= 15 is 0 Å². The van der Waals surface area contributed by atoms with Crippen molar-refractivity contribution in [2.24, 2.45) is 0 Å². The molecule has 5 heteroatoms. The van der Waals surface area contributed by atoms with Crippen LogP contribution in [0.3, 0.4) is 0 Å². The van der Waals surface area contributed by atoms with Gasteiger partial charge in [-0.3, -0.25) is 0 Å². The van der Waals surface area contributed by atoms with E-state index in [0.717, 1.165) is 117 Å². The standard InChI is InChI=1S/C87H83BN4/c1-83(2,3)64-34-39-75-71(49-64)72-50-65(84(4,5)6)35-40-76(72)92(75)77-53-69(36-31-60(77)54-89)90-78-47-59(63-42-66(85(7,8)9)48-67(43-63)86(10,11)12)33-38-73(78)88-74-37-32-58(55-25-19-16-20-26-55)46-79(74)91(81-52-68(87(13,14)15)51-80(90)82(81)88)70-44-61(56-27-21-17-22-28-56)41-62(45-70)57-29-23-18-24-30-57/h16-53H,1-15H3/i16D,19D,20D,25D,26D. The van der Waals surface area contributed by atoms with Crippen LogP contribution in [0.1, 0.15) is 144 Å². The summed E-state index contributed by atoms with van der Waals surface area (Å²) in [6, 6.07) is 73.9. The van der Waals surface area contributed by atoms with Crippen LogP contribution in [0.25, 0.3) is 72.0 Å². The van der Waals surface area contributed by atoms with Gasteiger partial charge in [0.05, 0.1) is 29.1 Å². The van der Waals surface area contributed by atoms with Gasteiger partial charge in [-0.05, 0) is 201 Å². The predicted octanol–water partition coefficient (Wildman–Crippen LogP) is 21.9. The molecule has 0 fully saturated rings. The summed E-state index contributed by atoms with van der Waals surface area (Å²) in [5.41, 5.74) is 24.2. The molecule has 14 rings (SSSR count). The summed E-state index contributed by atoms with van der Waals surface area (Å²) in [7, 11) is 0. The van der Waals surface area contributed by atoms with Crippen molar-refractivity contribution in [3.8, 4) is 56.3 Å². The normalized spacial score (nSPS) is 14.1. The van der Waals surface area contributed by atoms with Crippen LogP contribution in [-0.4, -0.2) is 11.3 Å². The number of anilines is 6. The number of rotatable bonds is 7. The maximum atomic E-state index is 11.5.